The number of aliphatic hydroxyl groups is 1. The normalized spacial score (nSPS) is 12.4. The van der Waals surface area contributed by atoms with Gasteiger partial charge in [0.15, 0.2) is 0 Å². The summed E-state index contributed by atoms with van der Waals surface area (Å²) in [5, 5.41) is 13.4. The number of nitrogens with one attached hydrogen (secondary N) is 1. The van der Waals surface area contributed by atoms with Crippen molar-refractivity contribution < 1.29 is 19.2 Å². The van der Waals surface area contributed by atoms with Crippen LogP contribution in [0.1, 0.15) is 51.8 Å². The number of hydrogen-bond donors (Lipinski definition) is 2. The summed E-state index contributed by atoms with van der Waals surface area (Å²) in [7, 11) is 0. The third-order valence-corrected chi connectivity index (χ3v) is 3.15. The van der Waals surface area contributed by atoms with Gasteiger partial charge < -0.3 is 19.4 Å². The Bertz CT molecular complexity index is 625. The number of nitrogens with zero attached hydrogens (tertiary/aromatic N) is 1. The number of aliphatic hydroxyl groups excluding tert-OH is 1. The highest BCUT2D eigenvalue weighted by atomic mass is 16.5. The lowest BCUT2D eigenvalue weighted by Gasteiger charge is -2.05. The average Bonchev–Trinajstić information content (AvgIpc) is 2.90. The van der Waals surface area contributed by atoms with E-state index < -0.39 is 12.1 Å². The van der Waals surface area contributed by atoms with Crippen LogP contribution in [0, 0.1) is 20.8 Å². The lowest BCUT2D eigenvalue weighted by atomic mass is 10.1. The summed E-state index contributed by atoms with van der Waals surface area (Å²) in [5.41, 5.74) is 3.13. The van der Waals surface area contributed by atoms with Crippen molar-refractivity contribution in [1.82, 2.24) is 10.1 Å². The van der Waals surface area contributed by atoms with E-state index in [0.717, 1.165) is 11.3 Å². The minimum atomic E-state index is -0.633. The quantitative estimate of drug-likeness (QED) is 0.838. The van der Waals surface area contributed by atoms with Gasteiger partial charge in [0.05, 0.1) is 6.10 Å². The molecule has 2 aromatic heterocycles. The van der Waals surface area contributed by atoms with Crippen LogP contribution in [0.25, 0.3) is 0 Å². The fraction of sp³-hybridized carbons (Fsp3) is 0.429. The van der Waals surface area contributed by atoms with Crippen LogP contribution in [0.4, 0.5) is 0 Å². The standard InChI is InChI=1S/C14H18N2O4/c1-7-5-11(16-20-7)6-19-14(18)13-8(2)12(10(4)17)9(3)15-13/h5,10,15,17H,6H2,1-4H3/t10-/m0/s1. The molecule has 6 nitrogen and oxygen atoms in total. The Labute approximate surface area is 116 Å². The molecule has 0 saturated carbocycles. The summed E-state index contributed by atoms with van der Waals surface area (Å²) in [5.74, 6) is 0.192. The van der Waals surface area contributed by atoms with Crippen LogP contribution in [0.5, 0.6) is 0 Å². The second kappa shape index (κ2) is 5.50. The van der Waals surface area contributed by atoms with Crippen LogP contribution in [0.2, 0.25) is 0 Å². The third kappa shape index (κ3) is 2.75. The third-order valence-electron chi connectivity index (χ3n) is 3.15. The Balaban J connectivity index is 2.12. The number of hydrogen-bond acceptors (Lipinski definition) is 5. The number of aryl methyl sites for hydroxylation is 2. The lowest BCUT2D eigenvalue weighted by Crippen LogP contribution is -2.07. The molecule has 0 bridgehead atoms. The number of ether oxygens (including phenoxy) is 1. The minimum absolute atomic E-state index is 0.0533. The van der Waals surface area contributed by atoms with Gasteiger partial charge in [0.2, 0.25) is 0 Å². The maximum atomic E-state index is 12.0. The van der Waals surface area contributed by atoms with Gasteiger partial charge in [-0.15, -0.1) is 0 Å². The molecule has 0 aliphatic carbocycles. The fourth-order valence-corrected chi connectivity index (χ4v) is 2.29. The fourth-order valence-electron chi connectivity index (χ4n) is 2.29. The molecule has 0 saturated heterocycles. The van der Waals surface area contributed by atoms with E-state index in [2.05, 4.69) is 10.1 Å². The zero-order valence-corrected chi connectivity index (χ0v) is 12.0. The van der Waals surface area contributed by atoms with E-state index >= 15 is 0 Å². The zero-order valence-electron chi connectivity index (χ0n) is 12.0. The molecule has 0 unspecified atom stereocenters. The molecule has 0 fully saturated rings. The van der Waals surface area contributed by atoms with E-state index in [1.807, 2.05) is 6.92 Å². The van der Waals surface area contributed by atoms with E-state index in [1.54, 1.807) is 26.8 Å². The van der Waals surface area contributed by atoms with Crippen molar-refractivity contribution >= 4 is 5.97 Å². The highest BCUT2D eigenvalue weighted by Crippen LogP contribution is 2.25. The minimum Gasteiger partial charge on any atom is -0.454 e. The summed E-state index contributed by atoms with van der Waals surface area (Å²) in [6.45, 7) is 7.08. The number of aromatic nitrogens is 2. The van der Waals surface area contributed by atoms with Gasteiger partial charge in [-0.1, -0.05) is 5.16 Å². The van der Waals surface area contributed by atoms with Gasteiger partial charge in [-0.3, -0.25) is 0 Å². The van der Waals surface area contributed by atoms with Gasteiger partial charge in [0, 0.05) is 17.3 Å². The highest BCUT2D eigenvalue weighted by molar-refractivity contribution is 5.89. The lowest BCUT2D eigenvalue weighted by molar-refractivity contribution is 0.0457. The monoisotopic (exact) mass is 278 g/mol. The summed E-state index contributed by atoms with van der Waals surface area (Å²) in [6.07, 6.45) is -0.633. The summed E-state index contributed by atoms with van der Waals surface area (Å²) in [4.78, 5) is 15.0. The van der Waals surface area contributed by atoms with Crippen LogP contribution in [0.15, 0.2) is 10.6 Å². The van der Waals surface area contributed by atoms with E-state index in [4.69, 9.17) is 9.26 Å². The van der Waals surface area contributed by atoms with E-state index in [0.29, 0.717) is 22.7 Å². The molecule has 2 heterocycles. The first-order valence-corrected chi connectivity index (χ1v) is 6.36. The zero-order chi connectivity index (χ0) is 14.9. The predicted octanol–water partition coefficient (Wildman–Crippen LogP) is 2.34. The molecule has 0 radical (unpaired) electrons. The first kappa shape index (κ1) is 14.3. The van der Waals surface area contributed by atoms with Crippen LogP contribution in [-0.2, 0) is 11.3 Å². The molecule has 20 heavy (non-hydrogen) atoms. The summed E-state index contributed by atoms with van der Waals surface area (Å²) < 4.78 is 10.1. The Kier molecular flexibility index (Phi) is 3.94. The van der Waals surface area contributed by atoms with Crippen molar-refractivity contribution in [3.8, 4) is 0 Å². The number of H-pyrrole nitrogens is 1. The van der Waals surface area contributed by atoms with Gasteiger partial charge in [-0.25, -0.2) is 4.79 Å². The predicted molar refractivity (Wildman–Crippen MR) is 71.3 cm³/mol. The molecule has 2 rings (SSSR count). The van der Waals surface area contributed by atoms with E-state index in [9.17, 15) is 9.90 Å². The van der Waals surface area contributed by atoms with Crippen LogP contribution >= 0.6 is 0 Å². The summed E-state index contributed by atoms with van der Waals surface area (Å²) in [6, 6.07) is 1.71. The number of esters is 1. The van der Waals surface area contributed by atoms with Gasteiger partial charge >= 0.3 is 5.97 Å². The topological polar surface area (TPSA) is 88.4 Å². The van der Waals surface area contributed by atoms with Gasteiger partial charge in [-0.2, -0.15) is 0 Å². The van der Waals surface area contributed by atoms with Crippen molar-refractivity contribution in [3.05, 3.63) is 40.0 Å². The number of rotatable bonds is 4. The molecule has 2 aromatic rings. The van der Waals surface area contributed by atoms with Crippen molar-refractivity contribution in [1.29, 1.82) is 0 Å². The molecule has 2 N–H and O–H groups in total. The number of carbonyl (C=O) groups excluding carboxylic acids is 1. The van der Waals surface area contributed by atoms with Crippen LogP contribution < -0.4 is 0 Å². The molecule has 1 atom stereocenters. The van der Waals surface area contributed by atoms with Crippen molar-refractivity contribution in [2.75, 3.05) is 0 Å². The Hall–Kier alpha value is -2.08. The molecular formula is C14H18N2O4. The maximum Gasteiger partial charge on any atom is 0.355 e. The first-order chi connectivity index (χ1) is 9.40. The largest absolute Gasteiger partial charge is 0.454 e. The smallest absolute Gasteiger partial charge is 0.355 e. The molecule has 0 aliphatic rings. The Morgan fingerprint density at radius 3 is 2.70 bits per heavy atom. The van der Waals surface area contributed by atoms with Gasteiger partial charge in [-0.05, 0) is 33.3 Å². The molecule has 0 spiro atoms. The van der Waals surface area contributed by atoms with Crippen molar-refractivity contribution in [2.45, 2.75) is 40.4 Å². The highest BCUT2D eigenvalue weighted by Gasteiger charge is 2.21. The Morgan fingerprint density at radius 1 is 1.50 bits per heavy atom. The van der Waals surface area contributed by atoms with E-state index in [-0.39, 0.29) is 6.61 Å². The Morgan fingerprint density at radius 2 is 2.20 bits per heavy atom. The molecule has 6 heteroatoms. The summed E-state index contributed by atoms with van der Waals surface area (Å²) >= 11 is 0. The maximum absolute atomic E-state index is 12.0. The van der Waals surface area contributed by atoms with Crippen molar-refractivity contribution in [3.63, 3.8) is 0 Å². The average molecular weight is 278 g/mol. The number of aromatic amines is 1. The molecule has 0 aliphatic heterocycles. The van der Waals surface area contributed by atoms with Crippen LogP contribution in [0.3, 0.4) is 0 Å². The molecular weight excluding hydrogens is 260 g/mol. The van der Waals surface area contributed by atoms with Crippen molar-refractivity contribution in [2.24, 2.45) is 0 Å². The second-order valence-electron chi connectivity index (χ2n) is 4.84. The van der Waals surface area contributed by atoms with Gasteiger partial charge in [0.25, 0.3) is 0 Å². The number of carbonyl (C=O) groups is 1. The second-order valence-corrected chi connectivity index (χ2v) is 4.84. The first-order valence-electron chi connectivity index (χ1n) is 6.36. The SMILES string of the molecule is Cc1cc(COC(=O)c2[nH]c(C)c([C@H](C)O)c2C)no1. The van der Waals surface area contributed by atoms with Gasteiger partial charge in [0.1, 0.15) is 23.8 Å². The molecule has 0 aromatic carbocycles. The van der Waals surface area contributed by atoms with E-state index in [1.165, 1.54) is 0 Å². The molecule has 108 valence electrons. The van der Waals surface area contributed by atoms with Crippen LogP contribution in [-0.4, -0.2) is 21.2 Å². The molecule has 0 amide bonds.